The van der Waals surface area contributed by atoms with Crippen molar-refractivity contribution in [2.24, 2.45) is 0 Å². The van der Waals surface area contributed by atoms with Crippen molar-refractivity contribution in [3.63, 3.8) is 0 Å². The van der Waals surface area contributed by atoms with Crippen LogP contribution in [0.15, 0.2) is 30.3 Å². The highest BCUT2D eigenvalue weighted by molar-refractivity contribution is 7.14. The van der Waals surface area contributed by atoms with Gasteiger partial charge in [0.05, 0.1) is 23.0 Å². The zero-order valence-electron chi connectivity index (χ0n) is 17.8. The van der Waals surface area contributed by atoms with Crippen LogP contribution in [0.1, 0.15) is 32.1 Å². The highest BCUT2D eigenvalue weighted by Crippen LogP contribution is 2.27. The van der Waals surface area contributed by atoms with Crippen molar-refractivity contribution in [2.75, 3.05) is 37.9 Å². The van der Waals surface area contributed by atoms with E-state index < -0.39 is 5.54 Å². The van der Waals surface area contributed by atoms with Gasteiger partial charge in [-0.25, -0.2) is 0 Å². The summed E-state index contributed by atoms with van der Waals surface area (Å²) in [5.74, 6) is 2.01. The summed E-state index contributed by atoms with van der Waals surface area (Å²) in [6.45, 7) is 3.56. The van der Waals surface area contributed by atoms with Crippen LogP contribution in [0.2, 0.25) is 0 Å². The fourth-order valence-corrected chi connectivity index (χ4v) is 4.74. The molecule has 1 atom stereocenters. The molecule has 2 amide bonds. The predicted molar refractivity (Wildman–Crippen MR) is 121 cm³/mol. The minimum Gasteiger partial charge on any atom is -0.378 e. The summed E-state index contributed by atoms with van der Waals surface area (Å²) < 4.78 is 10.7. The van der Waals surface area contributed by atoms with Crippen molar-refractivity contribution >= 4 is 34.6 Å². The van der Waals surface area contributed by atoms with E-state index in [1.165, 1.54) is 11.3 Å². The number of carbonyl (C=O) groups is 3. The Balaban J connectivity index is 1.49. The van der Waals surface area contributed by atoms with Gasteiger partial charge in [0.25, 0.3) is 11.8 Å². The van der Waals surface area contributed by atoms with Crippen LogP contribution in [0.5, 0.6) is 0 Å². The maximum absolute atomic E-state index is 13.3. The molecule has 0 aliphatic carbocycles. The van der Waals surface area contributed by atoms with Crippen LogP contribution < -0.4 is 10.2 Å². The topological polar surface area (TPSA) is 84.9 Å². The third-order valence-electron chi connectivity index (χ3n) is 5.78. The lowest BCUT2D eigenvalue weighted by molar-refractivity contribution is -0.126. The van der Waals surface area contributed by atoms with Crippen molar-refractivity contribution in [3.05, 3.63) is 51.2 Å². The largest absolute Gasteiger partial charge is 0.378 e. The number of carbonyl (C=O) groups excluding carboxylic acids is 3. The summed E-state index contributed by atoms with van der Waals surface area (Å²) in [5, 5.41) is 2.91. The zero-order chi connectivity index (χ0) is 22.7. The van der Waals surface area contributed by atoms with Crippen LogP contribution in [0.25, 0.3) is 0 Å². The predicted octanol–water partition coefficient (Wildman–Crippen LogP) is 2.10. The summed E-state index contributed by atoms with van der Waals surface area (Å²) >= 11 is 1.21. The fraction of sp³-hybridized carbons (Fsp3) is 0.375. The molecule has 4 rings (SSSR count). The molecule has 0 spiro atoms. The second-order valence-corrected chi connectivity index (χ2v) is 9.05. The number of ether oxygens (including phenoxy) is 2. The van der Waals surface area contributed by atoms with E-state index in [1.807, 2.05) is 25.1 Å². The van der Waals surface area contributed by atoms with E-state index in [1.54, 1.807) is 17.0 Å². The Morgan fingerprint density at radius 2 is 2.09 bits per heavy atom. The number of terminal acetylenes is 1. The molecule has 0 radical (unpaired) electrons. The molecule has 0 saturated carbocycles. The minimum absolute atomic E-state index is 0.0745. The number of benzene rings is 1. The lowest BCUT2D eigenvalue weighted by Gasteiger charge is -2.29. The molecule has 1 aromatic heterocycles. The number of aryl methyl sites for hydroxylation is 1. The molecular formula is C24H24N2O5S. The van der Waals surface area contributed by atoms with Crippen molar-refractivity contribution < 1.29 is 23.9 Å². The molecule has 166 valence electrons. The first-order chi connectivity index (χ1) is 15.4. The molecule has 1 N–H and O–H groups in total. The number of thiophene rings is 1. The number of amides is 2. The van der Waals surface area contributed by atoms with Gasteiger partial charge in [0.2, 0.25) is 0 Å². The molecule has 2 saturated heterocycles. The molecule has 8 heteroatoms. The van der Waals surface area contributed by atoms with E-state index in [0.717, 1.165) is 16.8 Å². The summed E-state index contributed by atoms with van der Waals surface area (Å²) in [6, 6.07) is 9.01. The highest BCUT2D eigenvalue weighted by Gasteiger charge is 2.43. The van der Waals surface area contributed by atoms with Gasteiger partial charge in [-0.2, -0.15) is 0 Å². The molecule has 2 aliphatic rings. The van der Waals surface area contributed by atoms with Crippen molar-refractivity contribution in [3.8, 4) is 12.3 Å². The number of hydrogen-bond acceptors (Lipinski definition) is 6. The monoisotopic (exact) mass is 452 g/mol. The number of ketones is 1. The standard InChI is InChI=1S/C24H24N2O5S/c1-3-18-5-7-20(32-18)23(29)25-24(8-10-31-15-24)21(27)13-17-4-6-19(16(2)12-17)26-9-11-30-14-22(26)28/h1,4-7,12H,8-11,13-15H2,2H3,(H,25,29)/t24-/m0/s1. The fourth-order valence-electron chi connectivity index (χ4n) is 4.03. The SMILES string of the molecule is C#Cc1ccc(C(=O)N[C@@]2(C(=O)Cc3ccc(N4CCOCC4=O)c(C)c3)CCOC2)s1. The number of Topliss-reactive ketones (excluding diaryl/α,β-unsaturated/α-hetero) is 1. The molecule has 2 fully saturated rings. The molecule has 0 unspecified atom stereocenters. The van der Waals surface area contributed by atoms with Gasteiger partial charge in [-0.3, -0.25) is 14.4 Å². The minimum atomic E-state index is -1.07. The van der Waals surface area contributed by atoms with Crippen LogP contribution in [-0.2, 0) is 25.5 Å². The molecule has 2 aliphatic heterocycles. The van der Waals surface area contributed by atoms with Crippen LogP contribution in [0.4, 0.5) is 5.69 Å². The third kappa shape index (κ3) is 4.46. The van der Waals surface area contributed by atoms with E-state index in [-0.39, 0.29) is 37.2 Å². The highest BCUT2D eigenvalue weighted by atomic mass is 32.1. The number of nitrogens with one attached hydrogen (secondary N) is 1. The van der Waals surface area contributed by atoms with Crippen molar-refractivity contribution in [2.45, 2.75) is 25.3 Å². The van der Waals surface area contributed by atoms with E-state index in [2.05, 4.69) is 11.2 Å². The molecule has 3 heterocycles. The lowest BCUT2D eigenvalue weighted by Crippen LogP contribution is -2.55. The van der Waals surface area contributed by atoms with Crippen LogP contribution in [0.3, 0.4) is 0 Å². The van der Waals surface area contributed by atoms with Gasteiger partial charge < -0.3 is 19.7 Å². The summed E-state index contributed by atoms with van der Waals surface area (Å²) in [4.78, 5) is 41.1. The Labute approximate surface area is 190 Å². The number of morpholine rings is 1. The van der Waals surface area contributed by atoms with Crippen LogP contribution in [0, 0.1) is 19.3 Å². The molecule has 7 nitrogen and oxygen atoms in total. The van der Waals surface area contributed by atoms with Gasteiger partial charge in [-0.05, 0) is 36.2 Å². The number of rotatable bonds is 6. The maximum atomic E-state index is 13.3. The lowest BCUT2D eigenvalue weighted by atomic mass is 9.88. The average molecular weight is 453 g/mol. The second kappa shape index (κ2) is 9.25. The Hall–Kier alpha value is -2.99. The van der Waals surface area contributed by atoms with Gasteiger partial charge in [-0.1, -0.05) is 18.1 Å². The Kier molecular flexibility index (Phi) is 6.42. The smallest absolute Gasteiger partial charge is 0.262 e. The van der Waals surface area contributed by atoms with Gasteiger partial charge in [0.15, 0.2) is 5.78 Å². The summed E-state index contributed by atoms with van der Waals surface area (Å²) in [6.07, 6.45) is 5.97. The maximum Gasteiger partial charge on any atom is 0.262 e. The first kappa shape index (κ1) is 22.2. The van der Waals surface area contributed by atoms with Gasteiger partial charge >= 0.3 is 0 Å². The third-order valence-corrected chi connectivity index (χ3v) is 6.80. The van der Waals surface area contributed by atoms with E-state index in [4.69, 9.17) is 15.9 Å². The Bertz CT molecular complexity index is 1090. The van der Waals surface area contributed by atoms with Gasteiger partial charge in [0.1, 0.15) is 12.1 Å². The first-order valence-electron chi connectivity index (χ1n) is 10.4. The molecule has 0 bridgehead atoms. The zero-order valence-corrected chi connectivity index (χ0v) is 18.6. The average Bonchev–Trinajstić information content (AvgIpc) is 3.45. The van der Waals surface area contributed by atoms with Crippen molar-refractivity contribution in [1.82, 2.24) is 5.32 Å². The van der Waals surface area contributed by atoms with Gasteiger partial charge in [-0.15, -0.1) is 17.8 Å². The Morgan fingerprint density at radius 1 is 1.25 bits per heavy atom. The molecular weight excluding hydrogens is 428 g/mol. The Morgan fingerprint density at radius 3 is 2.75 bits per heavy atom. The number of hydrogen-bond donors (Lipinski definition) is 1. The van der Waals surface area contributed by atoms with Crippen LogP contribution >= 0.6 is 11.3 Å². The van der Waals surface area contributed by atoms with Crippen molar-refractivity contribution in [1.29, 1.82) is 0 Å². The molecule has 32 heavy (non-hydrogen) atoms. The normalized spacial score (nSPS) is 20.8. The summed E-state index contributed by atoms with van der Waals surface area (Å²) in [5.41, 5.74) is 1.49. The first-order valence-corrected chi connectivity index (χ1v) is 11.2. The van der Waals surface area contributed by atoms with E-state index >= 15 is 0 Å². The summed E-state index contributed by atoms with van der Waals surface area (Å²) in [7, 11) is 0. The quantitative estimate of drug-likeness (QED) is 0.679. The van der Waals surface area contributed by atoms with E-state index in [0.29, 0.717) is 35.9 Å². The second-order valence-electron chi connectivity index (χ2n) is 7.97. The van der Waals surface area contributed by atoms with E-state index in [9.17, 15) is 14.4 Å². The van der Waals surface area contributed by atoms with Gasteiger partial charge in [0, 0.05) is 31.7 Å². The molecule has 2 aromatic rings. The number of anilines is 1. The van der Waals surface area contributed by atoms with Crippen LogP contribution in [-0.4, -0.2) is 56.1 Å². The number of nitrogens with zero attached hydrogens (tertiary/aromatic N) is 1. The molecule has 1 aromatic carbocycles.